The van der Waals surface area contributed by atoms with Gasteiger partial charge in [-0.1, -0.05) is 30.3 Å². The topological polar surface area (TPSA) is 46.5 Å². The Morgan fingerprint density at radius 2 is 2.25 bits per heavy atom. The van der Waals surface area contributed by atoms with Gasteiger partial charge >= 0.3 is 43.7 Å². The van der Waals surface area contributed by atoms with E-state index in [0.717, 1.165) is 0 Å². The van der Waals surface area contributed by atoms with Crippen LogP contribution in [0.25, 0.3) is 0 Å². The quantitative estimate of drug-likeness (QED) is 0.656. The molecule has 1 aromatic rings. The van der Waals surface area contributed by atoms with Gasteiger partial charge in [-0.3, -0.25) is 4.79 Å². The van der Waals surface area contributed by atoms with Crippen LogP contribution in [0.5, 0.6) is 5.75 Å². The first-order valence-electron chi connectivity index (χ1n) is 4.37. The maximum absolute atomic E-state index is 10.4. The van der Waals surface area contributed by atoms with Crippen molar-refractivity contribution in [3.8, 4) is 5.75 Å². The van der Waals surface area contributed by atoms with Crippen molar-refractivity contribution in [1.29, 1.82) is 0 Å². The number of benzene rings is 1. The molecule has 0 radical (unpaired) electrons. The molecule has 5 heteroatoms. The number of hydrogen-bond donors (Lipinski definition) is 1. The smallest absolute Gasteiger partial charge is 0.488 e. The molecule has 0 saturated carbocycles. The third-order valence-corrected chi connectivity index (χ3v) is 2.00. The third kappa shape index (κ3) is 5.21. The third-order valence-electron chi connectivity index (χ3n) is 1.71. The summed E-state index contributed by atoms with van der Waals surface area (Å²) in [7, 11) is 0. The van der Waals surface area contributed by atoms with Crippen molar-refractivity contribution in [3.05, 3.63) is 41.4 Å². The second-order valence-electron chi connectivity index (χ2n) is 2.93. The normalized spacial score (nSPS) is 9.06. The Hall–Kier alpha value is -0.220. The van der Waals surface area contributed by atoms with Gasteiger partial charge < -0.3 is 9.84 Å². The molecule has 1 N–H and O–H groups in total. The first-order valence-corrected chi connectivity index (χ1v) is 4.75. The summed E-state index contributed by atoms with van der Waals surface area (Å²) in [6.07, 6.45) is 1.57. The Balaban J connectivity index is 0.00000225. The Bertz CT molecular complexity index is 379. The van der Waals surface area contributed by atoms with Crippen molar-refractivity contribution in [2.45, 2.75) is 6.42 Å². The second kappa shape index (κ2) is 7.96. The number of ether oxygens (including phenoxy) is 1. The van der Waals surface area contributed by atoms with Crippen LogP contribution >= 0.6 is 11.6 Å². The summed E-state index contributed by atoms with van der Waals surface area (Å²) in [6.45, 7) is 3.89. The van der Waals surface area contributed by atoms with Crippen LogP contribution in [0, 0.1) is 0 Å². The van der Waals surface area contributed by atoms with Crippen LogP contribution in [0.1, 0.15) is 5.56 Å². The molecule has 0 bridgehead atoms. The molecule has 0 amide bonds. The number of aliphatic carboxylic acids is 1. The summed E-state index contributed by atoms with van der Waals surface area (Å²) in [5.41, 5.74) is 0.651. The van der Waals surface area contributed by atoms with E-state index >= 15 is 0 Å². The molecule has 0 aromatic heterocycles. The average molecular weight is 267 g/mol. The van der Waals surface area contributed by atoms with E-state index in [1.165, 1.54) is 0 Å². The summed E-state index contributed by atoms with van der Waals surface area (Å²) in [5.74, 6) is -0.350. The molecule has 1 rings (SSSR count). The second-order valence-corrected chi connectivity index (χ2v) is 3.34. The maximum Gasteiger partial charge on any atom is 2.00 e. The van der Waals surface area contributed by atoms with E-state index in [-0.39, 0.29) is 44.2 Å². The number of hydrogen-bond acceptors (Lipinski definition) is 2. The van der Waals surface area contributed by atoms with Gasteiger partial charge in [0.1, 0.15) is 12.4 Å². The molecule has 80 valence electrons. The van der Waals surface area contributed by atoms with Crippen molar-refractivity contribution >= 4 is 55.3 Å². The first kappa shape index (κ1) is 15.8. The number of carboxylic acid groups (broad SMARTS) is 1. The van der Waals surface area contributed by atoms with E-state index in [4.69, 9.17) is 21.4 Å². The number of carboxylic acids is 1. The zero-order valence-corrected chi connectivity index (χ0v) is 11.7. The molecule has 0 fully saturated rings. The Morgan fingerprint density at radius 1 is 1.56 bits per heavy atom. The monoisotopic (exact) mass is 266 g/mol. The van der Waals surface area contributed by atoms with Crippen LogP contribution in [0.15, 0.2) is 30.9 Å². The molecule has 0 aliphatic heterocycles. The minimum atomic E-state index is -0.883. The predicted molar refractivity (Wildman–Crippen MR) is 64.2 cm³/mol. The van der Waals surface area contributed by atoms with Crippen molar-refractivity contribution in [1.82, 2.24) is 0 Å². The number of carbonyl (C=O) groups is 1. The predicted octanol–water partition coefficient (Wildman–Crippen LogP) is 2.15. The molecule has 0 saturated heterocycles. The van der Waals surface area contributed by atoms with Crippen molar-refractivity contribution < 1.29 is 14.6 Å². The SMILES string of the molecule is C=CCOc1ccc(CC(=O)O)cc1Cl.[Ca+2]. The van der Waals surface area contributed by atoms with Crippen molar-refractivity contribution in [2.24, 2.45) is 0 Å². The van der Waals surface area contributed by atoms with E-state index < -0.39 is 5.97 Å². The number of rotatable bonds is 5. The standard InChI is InChI=1S/C11H11ClO3.Ca/c1-2-5-15-10-4-3-8(6-9(10)12)7-11(13)14;/h2-4,6H,1,5,7H2,(H,13,14);/q;+2. The van der Waals surface area contributed by atoms with Gasteiger partial charge in [-0.2, -0.15) is 0 Å². The van der Waals surface area contributed by atoms with Gasteiger partial charge in [0, 0.05) is 0 Å². The molecule has 3 nitrogen and oxygen atoms in total. The van der Waals surface area contributed by atoms with Crippen molar-refractivity contribution in [3.63, 3.8) is 0 Å². The van der Waals surface area contributed by atoms with Crippen LogP contribution in [-0.4, -0.2) is 55.4 Å². The fourth-order valence-corrected chi connectivity index (χ4v) is 1.35. The van der Waals surface area contributed by atoms with Crippen LogP contribution in [-0.2, 0) is 11.2 Å². The molecule has 0 aliphatic rings. The van der Waals surface area contributed by atoms with Gasteiger partial charge in [0.25, 0.3) is 0 Å². The van der Waals surface area contributed by atoms with Gasteiger partial charge in [0.05, 0.1) is 11.4 Å². The summed E-state index contributed by atoms with van der Waals surface area (Å²) in [6, 6.07) is 4.93. The van der Waals surface area contributed by atoms with Crippen LogP contribution in [0.4, 0.5) is 0 Å². The first-order chi connectivity index (χ1) is 7.13. The fourth-order valence-electron chi connectivity index (χ4n) is 1.09. The van der Waals surface area contributed by atoms with Crippen LogP contribution < -0.4 is 4.74 Å². The van der Waals surface area contributed by atoms with Gasteiger partial charge in [-0.15, -0.1) is 0 Å². The van der Waals surface area contributed by atoms with E-state index in [1.807, 2.05) is 0 Å². The molecule has 0 spiro atoms. The van der Waals surface area contributed by atoms with Gasteiger partial charge in [-0.25, -0.2) is 0 Å². The van der Waals surface area contributed by atoms with Gasteiger partial charge in [-0.05, 0) is 17.7 Å². The van der Waals surface area contributed by atoms with E-state index in [1.54, 1.807) is 24.3 Å². The minimum absolute atomic E-state index is 0. The van der Waals surface area contributed by atoms with Crippen LogP contribution in [0.2, 0.25) is 5.02 Å². The summed E-state index contributed by atoms with van der Waals surface area (Å²) >= 11 is 5.90. The maximum atomic E-state index is 10.4. The Morgan fingerprint density at radius 3 is 2.75 bits per heavy atom. The minimum Gasteiger partial charge on any atom is -0.488 e. The van der Waals surface area contributed by atoms with E-state index in [2.05, 4.69) is 6.58 Å². The molecule has 0 aliphatic carbocycles. The van der Waals surface area contributed by atoms with Gasteiger partial charge in [0.15, 0.2) is 0 Å². The fraction of sp³-hybridized carbons (Fsp3) is 0.182. The average Bonchev–Trinajstić information content (AvgIpc) is 2.15. The molecule has 1 aromatic carbocycles. The summed E-state index contributed by atoms with van der Waals surface area (Å²) in [4.78, 5) is 10.4. The van der Waals surface area contributed by atoms with Gasteiger partial charge in [0.2, 0.25) is 0 Å². The zero-order valence-electron chi connectivity index (χ0n) is 8.78. The molecule has 0 heterocycles. The zero-order chi connectivity index (χ0) is 11.3. The Labute approximate surface area is 129 Å². The molecule has 0 unspecified atom stereocenters. The summed E-state index contributed by atoms with van der Waals surface area (Å²) in [5, 5.41) is 8.99. The molecule has 16 heavy (non-hydrogen) atoms. The summed E-state index contributed by atoms with van der Waals surface area (Å²) < 4.78 is 5.25. The largest absolute Gasteiger partial charge is 2.00 e. The number of halogens is 1. The van der Waals surface area contributed by atoms with Crippen LogP contribution in [0.3, 0.4) is 0 Å². The molecular weight excluding hydrogens is 256 g/mol. The van der Waals surface area contributed by atoms with E-state index in [9.17, 15) is 4.79 Å². The van der Waals surface area contributed by atoms with E-state index in [0.29, 0.717) is 22.9 Å². The molecular formula is C11H11CaClO3+2. The molecule has 0 atom stereocenters. The van der Waals surface area contributed by atoms with Crippen molar-refractivity contribution in [2.75, 3.05) is 6.61 Å². The Kier molecular flexibility index (Phi) is 7.85.